The molecule has 0 spiro atoms. The van der Waals surface area contributed by atoms with E-state index in [4.69, 9.17) is 9.73 Å². The van der Waals surface area contributed by atoms with E-state index in [2.05, 4.69) is 53.6 Å². The van der Waals surface area contributed by atoms with Gasteiger partial charge in [0, 0.05) is 38.0 Å². The normalized spacial score (nSPS) is 24.4. The molecule has 5 nitrogen and oxygen atoms in total. The van der Waals surface area contributed by atoms with Crippen molar-refractivity contribution in [3.63, 3.8) is 0 Å². The van der Waals surface area contributed by atoms with Gasteiger partial charge in [0.05, 0.1) is 12.6 Å². The van der Waals surface area contributed by atoms with Crippen molar-refractivity contribution in [2.75, 3.05) is 37.7 Å². The van der Waals surface area contributed by atoms with Crippen LogP contribution in [0.5, 0.6) is 0 Å². The van der Waals surface area contributed by atoms with Gasteiger partial charge in [0.1, 0.15) is 0 Å². The predicted octanol–water partition coefficient (Wildman–Crippen LogP) is 2.31. The Hall–Kier alpha value is -1.75. The zero-order valence-corrected chi connectivity index (χ0v) is 14.9. The third-order valence-corrected chi connectivity index (χ3v) is 4.75. The van der Waals surface area contributed by atoms with E-state index >= 15 is 0 Å². The van der Waals surface area contributed by atoms with Gasteiger partial charge >= 0.3 is 0 Å². The summed E-state index contributed by atoms with van der Waals surface area (Å²) >= 11 is 0. The summed E-state index contributed by atoms with van der Waals surface area (Å²) in [4.78, 5) is 7.16. The molecule has 2 heterocycles. The van der Waals surface area contributed by atoms with Crippen LogP contribution in [0.1, 0.15) is 31.7 Å². The maximum absolute atomic E-state index is 5.67. The van der Waals surface area contributed by atoms with Crippen LogP contribution in [0.3, 0.4) is 0 Å². The first-order valence-corrected chi connectivity index (χ1v) is 9.22. The fourth-order valence-electron chi connectivity index (χ4n) is 3.36. The van der Waals surface area contributed by atoms with Crippen molar-refractivity contribution in [2.45, 2.75) is 45.3 Å². The first-order chi connectivity index (χ1) is 11.7. The van der Waals surface area contributed by atoms with Gasteiger partial charge in [0.2, 0.25) is 0 Å². The van der Waals surface area contributed by atoms with Crippen molar-refractivity contribution in [2.24, 2.45) is 4.99 Å². The van der Waals surface area contributed by atoms with Crippen LogP contribution in [0.4, 0.5) is 5.69 Å². The summed E-state index contributed by atoms with van der Waals surface area (Å²) in [5, 5.41) is 6.95. The minimum absolute atomic E-state index is 0.299. The molecule has 0 saturated carbocycles. The minimum Gasteiger partial charge on any atom is -0.376 e. The van der Waals surface area contributed by atoms with Crippen molar-refractivity contribution < 1.29 is 4.74 Å². The Balaban J connectivity index is 1.53. The van der Waals surface area contributed by atoms with Crippen LogP contribution in [0.15, 0.2) is 29.3 Å². The van der Waals surface area contributed by atoms with Gasteiger partial charge in [-0.05, 0) is 45.2 Å². The van der Waals surface area contributed by atoms with Crippen LogP contribution in [0.2, 0.25) is 0 Å². The zero-order chi connectivity index (χ0) is 16.8. The Bertz CT molecular complexity index is 537. The minimum atomic E-state index is 0.299. The zero-order valence-electron chi connectivity index (χ0n) is 14.9. The second-order valence-electron chi connectivity index (χ2n) is 6.77. The largest absolute Gasteiger partial charge is 0.376 e. The quantitative estimate of drug-likeness (QED) is 0.642. The van der Waals surface area contributed by atoms with Gasteiger partial charge < -0.3 is 20.3 Å². The summed E-state index contributed by atoms with van der Waals surface area (Å²) < 4.78 is 5.67. The summed E-state index contributed by atoms with van der Waals surface area (Å²) in [7, 11) is 0. The van der Waals surface area contributed by atoms with E-state index in [1.165, 1.54) is 11.3 Å². The highest BCUT2D eigenvalue weighted by atomic mass is 16.5. The fraction of sp³-hybridized carbons (Fsp3) is 0.632. The molecule has 0 bridgehead atoms. The number of ether oxygens (including phenoxy) is 1. The van der Waals surface area contributed by atoms with E-state index < -0.39 is 0 Å². The highest BCUT2D eigenvalue weighted by Crippen LogP contribution is 2.20. The molecule has 2 aliphatic rings. The molecule has 2 atom stereocenters. The lowest BCUT2D eigenvalue weighted by atomic mass is 10.2. The molecular weight excluding hydrogens is 300 g/mol. The van der Waals surface area contributed by atoms with Gasteiger partial charge in [-0.2, -0.15) is 0 Å². The Kier molecular flexibility index (Phi) is 5.96. The Labute approximate surface area is 145 Å². The molecule has 0 aliphatic carbocycles. The second kappa shape index (κ2) is 8.38. The lowest BCUT2D eigenvalue weighted by Crippen LogP contribution is -2.45. The first-order valence-electron chi connectivity index (χ1n) is 9.22. The third kappa shape index (κ3) is 4.63. The van der Waals surface area contributed by atoms with Crippen molar-refractivity contribution in [1.82, 2.24) is 10.6 Å². The van der Waals surface area contributed by atoms with Gasteiger partial charge in [-0.3, -0.25) is 4.99 Å². The molecule has 132 valence electrons. The van der Waals surface area contributed by atoms with Gasteiger partial charge in [-0.15, -0.1) is 0 Å². The van der Waals surface area contributed by atoms with Gasteiger partial charge in [0.15, 0.2) is 5.96 Å². The number of aryl methyl sites for hydroxylation is 1. The average molecular weight is 330 g/mol. The van der Waals surface area contributed by atoms with E-state index in [0.29, 0.717) is 12.1 Å². The average Bonchev–Trinajstić information content (AvgIpc) is 3.25. The number of aliphatic imine (C=N–C) groups is 1. The maximum Gasteiger partial charge on any atom is 0.191 e. The molecular formula is C19H30N4O. The number of benzene rings is 1. The van der Waals surface area contributed by atoms with Gasteiger partial charge in [0.25, 0.3) is 0 Å². The van der Waals surface area contributed by atoms with Crippen molar-refractivity contribution in [3.8, 4) is 0 Å². The van der Waals surface area contributed by atoms with Crippen LogP contribution in [-0.2, 0) is 4.74 Å². The summed E-state index contributed by atoms with van der Waals surface area (Å²) in [6.45, 7) is 8.87. The Morgan fingerprint density at radius 1 is 1.29 bits per heavy atom. The molecule has 2 unspecified atom stereocenters. The van der Waals surface area contributed by atoms with E-state index in [1.54, 1.807) is 0 Å². The lowest BCUT2D eigenvalue weighted by Gasteiger charge is -2.21. The highest BCUT2D eigenvalue weighted by Gasteiger charge is 2.23. The van der Waals surface area contributed by atoms with Crippen LogP contribution in [-0.4, -0.2) is 50.9 Å². The van der Waals surface area contributed by atoms with Crippen LogP contribution < -0.4 is 15.5 Å². The van der Waals surface area contributed by atoms with Gasteiger partial charge in [-0.1, -0.05) is 17.7 Å². The standard InChI is InChI=1S/C19H30N4O/c1-3-20-19(21-13-18-5-4-12-24-18)22-16-10-11-23(14-16)17-8-6-15(2)7-9-17/h6-9,16,18H,3-5,10-14H2,1-2H3,(H2,20,21,22). The summed E-state index contributed by atoms with van der Waals surface area (Å²) in [5.41, 5.74) is 2.62. The van der Waals surface area contributed by atoms with Crippen molar-refractivity contribution in [3.05, 3.63) is 29.8 Å². The van der Waals surface area contributed by atoms with E-state index in [-0.39, 0.29) is 0 Å². The molecule has 1 aromatic rings. The number of hydrogen-bond acceptors (Lipinski definition) is 3. The number of rotatable bonds is 5. The number of anilines is 1. The highest BCUT2D eigenvalue weighted by molar-refractivity contribution is 5.80. The molecule has 0 aromatic heterocycles. The van der Waals surface area contributed by atoms with Crippen LogP contribution in [0, 0.1) is 6.92 Å². The summed E-state index contributed by atoms with van der Waals surface area (Å²) in [6, 6.07) is 9.24. The molecule has 2 N–H and O–H groups in total. The number of guanidine groups is 1. The molecule has 5 heteroatoms. The summed E-state index contributed by atoms with van der Waals surface area (Å²) in [5.74, 6) is 0.920. The number of nitrogens with zero attached hydrogens (tertiary/aromatic N) is 2. The number of nitrogens with one attached hydrogen (secondary N) is 2. The topological polar surface area (TPSA) is 48.9 Å². The molecule has 2 aliphatic heterocycles. The molecule has 0 amide bonds. The molecule has 1 aromatic carbocycles. The Morgan fingerprint density at radius 3 is 2.83 bits per heavy atom. The van der Waals surface area contributed by atoms with Crippen molar-refractivity contribution >= 4 is 11.6 Å². The molecule has 3 rings (SSSR count). The number of hydrogen-bond donors (Lipinski definition) is 2. The molecule has 0 radical (unpaired) electrons. The lowest BCUT2D eigenvalue weighted by molar-refractivity contribution is 0.117. The first kappa shape index (κ1) is 17.1. The van der Waals surface area contributed by atoms with E-state index in [1.807, 2.05) is 0 Å². The predicted molar refractivity (Wildman–Crippen MR) is 99.9 cm³/mol. The van der Waals surface area contributed by atoms with Crippen LogP contribution in [0.25, 0.3) is 0 Å². The SMILES string of the molecule is CCNC(=NCC1CCCO1)NC1CCN(c2ccc(C)cc2)C1. The molecule has 24 heavy (non-hydrogen) atoms. The van der Waals surface area contributed by atoms with Crippen molar-refractivity contribution in [1.29, 1.82) is 0 Å². The fourth-order valence-corrected chi connectivity index (χ4v) is 3.36. The third-order valence-electron chi connectivity index (χ3n) is 4.75. The van der Waals surface area contributed by atoms with E-state index in [9.17, 15) is 0 Å². The molecule has 2 saturated heterocycles. The summed E-state index contributed by atoms with van der Waals surface area (Å²) in [6.07, 6.45) is 3.73. The molecule has 2 fully saturated rings. The van der Waals surface area contributed by atoms with Gasteiger partial charge in [-0.25, -0.2) is 0 Å². The monoisotopic (exact) mass is 330 g/mol. The van der Waals surface area contributed by atoms with Crippen LogP contribution >= 0.6 is 0 Å². The smallest absolute Gasteiger partial charge is 0.191 e. The van der Waals surface area contributed by atoms with E-state index in [0.717, 1.165) is 58.0 Å². The Morgan fingerprint density at radius 2 is 2.12 bits per heavy atom. The maximum atomic E-state index is 5.67. The second-order valence-corrected chi connectivity index (χ2v) is 6.77.